The Morgan fingerprint density at radius 3 is 2.62 bits per heavy atom. The zero-order chi connectivity index (χ0) is 14.7. The molecule has 0 unspecified atom stereocenters. The van der Waals surface area contributed by atoms with Crippen LogP contribution < -0.4 is 0 Å². The highest BCUT2D eigenvalue weighted by Gasteiger charge is 2.09. The fourth-order valence-corrected chi connectivity index (χ4v) is 2.53. The average Bonchev–Trinajstić information content (AvgIpc) is 2.92. The predicted molar refractivity (Wildman–Crippen MR) is 84.5 cm³/mol. The van der Waals surface area contributed by atoms with Crippen molar-refractivity contribution < 1.29 is 4.79 Å². The van der Waals surface area contributed by atoms with E-state index in [4.69, 9.17) is 0 Å². The number of hydrogen-bond acceptors (Lipinski definition) is 2. The van der Waals surface area contributed by atoms with Crippen LogP contribution in [0.1, 0.15) is 29.3 Å². The van der Waals surface area contributed by atoms with Crippen molar-refractivity contribution in [2.75, 3.05) is 0 Å². The van der Waals surface area contributed by atoms with Crippen LogP contribution in [0.25, 0.3) is 11.0 Å². The first-order chi connectivity index (χ1) is 10.3. The molecule has 1 aromatic heterocycles. The molecule has 0 amide bonds. The zero-order valence-corrected chi connectivity index (χ0v) is 12.1. The molecule has 3 aromatic rings. The highest BCUT2D eigenvalue weighted by atomic mass is 16.1. The predicted octanol–water partition coefficient (Wildman–Crippen LogP) is 3.87. The van der Waals surface area contributed by atoms with Crippen LogP contribution in [-0.2, 0) is 13.0 Å². The van der Waals surface area contributed by atoms with E-state index in [2.05, 4.69) is 11.9 Å². The third kappa shape index (κ3) is 2.87. The molecule has 0 saturated carbocycles. The van der Waals surface area contributed by atoms with E-state index in [-0.39, 0.29) is 5.78 Å². The maximum absolute atomic E-state index is 12.4. The quantitative estimate of drug-likeness (QED) is 0.664. The standard InChI is InChI=1S/C18H18N2O/c1-2-5-14-8-10-15(11-9-14)18(21)12-20-13-19-16-6-3-4-7-17(16)20/h3-4,6-11,13H,2,5,12H2,1H3. The van der Waals surface area contributed by atoms with Crippen molar-refractivity contribution in [2.45, 2.75) is 26.3 Å². The Morgan fingerprint density at radius 2 is 1.86 bits per heavy atom. The van der Waals surface area contributed by atoms with E-state index in [1.807, 2.05) is 53.1 Å². The topological polar surface area (TPSA) is 34.9 Å². The molecule has 106 valence electrons. The van der Waals surface area contributed by atoms with Crippen LogP contribution in [0.2, 0.25) is 0 Å². The smallest absolute Gasteiger partial charge is 0.182 e. The first-order valence-corrected chi connectivity index (χ1v) is 7.30. The van der Waals surface area contributed by atoms with Gasteiger partial charge in [-0.05, 0) is 24.1 Å². The number of aryl methyl sites for hydroxylation is 1. The molecule has 0 N–H and O–H groups in total. The molecule has 0 spiro atoms. The number of ketones is 1. The van der Waals surface area contributed by atoms with Crippen molar-refractivity contribution in [1.29, 1.82) is 0 Å². The number of nitrogens with zero attached hydrogens (tertiary/aromatic N) is 2. The molecule has 21 heavy (non-hydrogen) atoms. The van der Waals surface area contributed by atoms with Crippen LogP contribution >= 0.6 is 0 Å². The number of hydrogen-bond donors (Lipinski definition) is 0. The minimum absolute atomic E-state index is 0.112. The van der Waals surface area contributed by atoms with Gasteiger partial charge >= 0.3 is 0 Å². The average molecular weight is 278 g/mol. The first kappa shape index (κ1) is 13.6. The van der Waals surface area contributed by atoms with Crippen LogP contribution in [0.4, 0.5) is 0 Å². The molecule has 3 nitrogen and oxygen atoms in total. The fraction of sp³-hybridized carbons (Fsp3) is 0.222. The lowest BCUT2D eigenvalue weighted by Gasteiger charge is -2.05. The van der Waals surface area contributed by atoms with Gasteiger partial charge < -0.3 is 4.57 Å². The van der Waals surface area contributed by atoms with E-state index in [0.717, 1.165) is 29.4 Å². The van der Waals surface area contributed by atoms with Crippen molar-refractivity contribution in [2.24, 2.45) is 0 Å². The molecular formula is C18H18N2O. The van der Waals surface area contributed by atoms with E-state index < -0.39 is 0 Å². The number of fused-ring (bicyclic) bond motifs is 1. The number of Topliss-reactive ketones (excluding diaryl/α,β-unsaturated/α-hetero) is 1. The molecule has 2 aromatic carbocycles. The van der Waals surface area contributed by atoms with Gasteiger partial charge in [-0.25, -0.2) is 4.98 Å². The van der Waals surface area contributed by atoms with Gasteiger partial charge in [0, 0.05) is 5.56 Å². The highest BCUT2D eigenvalue weighted by Crippen LogP contribution is 2.13. The lowest BCUT2D eigenvalue weighted by molar-refractivity contribution is 0.0973. The minimum Gasteiger partial charge on any atom is -0.323 e. The Kier molecular flexibility index (Phi) is 3.82. The van der Waals surface area contributed by atoms with Crippen molar-refractivity contribution in [3.8, 4) is 0 Å². The summed E-state index contributed by atoms with van der Waals surface area (Å²) in [6.45, 7) is 2.48. The minimum atomic E-state index is 0.112. The van der Waals surface area contributed by atoms with Crippen LogP contribution in [0.3, 0.4) is 0 Å². The molecule has 1 heterocycles. The summed E-state index contributed by atoms with van der Waals surface area (Å²) in [5, 5.41) is 0. The number of carbonyl (C=O) groups excluding carboxylic acids is 1. The Labute approximate surface area is 124 Å². The Hall–Kier alpha value is -2.42. The third-order valence-electron chi connectivity index (χ3n) is 3.66. The molecule has 0 radical (unpaired) electrons. The second-order valence-electron chi connectivity index (χ2n) is 5.23. The third-order valence-corrected chi connectivity index (χ3v) is 3.66. The fourth-order valence-electron chi connectivity index (χ4n) is 2.53. The summed E-state index contributed by atoms with van der Waals surface area (Å²) in [5.74, 6) is 0.112. The highest BCUT2D eigenvalue weighted by molar-refractivity contribution is 5.96. The molecular weight excluding hydrogens is 260 g/mol. The SMILES string of the molecule is CCCc1ccc(C(=O)Cn2cnc3ccccc32)cc1. The maximum Gasteiger partial charge on any atom is 0.182 e. The summed E-state index contributed by atoms with van der Waals surface area (Å²) in [5.41, 5.74) is 3.95. The molecule has 0 aliphatic heterocycles. The van der Waals surface area contributed by atoms with Crippen LogP contribution in [-0.4, -0.2) is 15.3 Å². The normalized spacial score (nSPS) is 10.9. The Balaban J connectivity index is 1.79. The van der Waals surface area contributed by atoms with E-state index in [9.17, 15) is 4.79 Å². The molecule has 3 rings (SSSR count). The molecule has 3 heteroatoms. The number of carbonyl (C=O) groups is 1. The number of aromatic nitrogens is 2. The van der Waals surface area contributed by atoms with Gasteiger partial charge in [0.2, 0.25) is 0 Å². The molecule has 0 aliphatic carbocycles. The van der Waals surface area contributed by atoms with E-state index >= 15 is 0 Å². The van der Waals surface area contributed by atoms with Crippen LogP contribution in [0, 0.1) is 0 Å². The van der Waals surface area contributed by atoms with Gasteiger partial charge in [0.25, 0.3) is 0 Å². The zero-order valence-electron chi connectivity index (χ0n) is 12.1. The monoisotopic (exact) mass is 278 g/mol. The van der Waals surface area contributed by atoms with Gasteiger partial charge in [-0.1, -0.05) is 49.7 Å². The van der Waals surface area contributed by atoms with Gasteiger partial charge in [-0.2, -0.15) is 0 Å². The summed E-state index contributed by atoms with van der Waals surface area (Å²) in [6.07, 6.45) is 3.91. The number of rotatable bonds is 5. The molecule has 0 bridgehead atoms. The van der Waals surface area contributed by atoms with Gasteiger partial charge in [0.1, 0.15) is 0 Å². The van der Waals surface area contributed by atoms with Crippen LogP contribution in [0.15, 0.2) is 54.9 Å². The van der Waals surface area contributed by atoms with Crippen molar-refractivity contribution in [3.63, 3.8) is 0 Å². The van der Waals surface area contributed by atoms with Gasteiger partial charge in [0.15, 0.2) is 5.78 Å². The molecule has 0 aliphatic rings. The summed E-state index contributed by atoms with van der Waals surface area (Å²) >= 11 is 0. The summed E-state index contributed by atoms with van der Waals surface area (Å²) in [4.78, 5) is 16.7. The maximum atomic E-state index is 12.4. The van der Waals surface area contributed by atoms with Crippen molar-refractivity contribution in [1.82, 2.24) is 9.55 Å². The Bertz CT molecular complexity index is 756. The second kappa shape index (κ2) is 5.92. The lowest BCUT2D eigenvalue weighted by Crippen LogP contribution is -2.09. The van der Waals surface area contributed by atoms with Crippen molar-refractivity contribution in [3.05, 3.63) is 66.0 Å². The molecule has 0 saturated heterocycles. The van der Waals surface area contributed by atoms with Gasteiger partial charge in [-0.15, -0.1) is 0 Å². The summed E-state index contributed by atoms with van der Waals surface area (Å²) in [6, 6.07) is 15.8. The molecule has 0 atom stereocenters. The summed E-state index contributed by atoms with van der Waals surface area (Å²) < 4.78 is 1.90. The number of para-hydroxylation sites is 2. The van der Waals surface area contributed by atoms with E-state index in [0.29, 0.717) is 6.54 Å². The lowest BCUT2D eigenvalue weighted by atomic mass is 10.1. The second-order valence-corrected chi connectivity index (χ2v) is 5.23. The van der Waals surface area contributed by atoms with E-state index in [1.54, 1.807) is 6.33 Å². The molecule has 0 fully saturated rings. The largest absolute Gasteiger partial charge is 0.323 e. The summed E-state index contributed by atoms with van der Waals surface area (Å²) in [7, 11) is 0. The van der Waals surface area contributed by atoms with Crippen molar-refractivity contribution >= 4 is 16.8 Å². The number of imidazole rings is 1. The Morgan fingerprint density at radius 1 is 1.10 bits per heavy atom. The van der Waals surface area contributed by atoms with Crippen LogP contribution in [0.5, 0.6) is 0 Å². The first-order valence-electron chi connectivity index (χ1n) is 7.30. The van der Waals surface area contributed by atoms with Gasteiger partial charge in [-0.3, -0.25) is 4.79 Å². The number of benzene rings is 2. The van der Waals surface area contributed by atoms with E-state index in [1.165, 1.54) is 5.56 Å². The van der Waals surface area contributed by atoms with Gasteiger partial charge in [0.05, 0.1) is 23.9 Å².